The summed E-state index contributed by atoms with van der Waals surface area (Å²) in [5.41, 5.74) is 23.4. The molecule has 0 saturated carbocycles. The minimum Gasteiger partial charge on any atom is -0.507 e. The Morgan fingerprint density at radius 3 is 1.17 bits per heavy atom. The molecule has 0 fully saturated rings. The lowest BCUT2D eigenvalue weighted by Crippen LogP contribution is -1.91. The monoisotopic (exact) mass is 519 g/mol. The van der Waals surface area contributed by atoms with Gasteiger partial charge < -0.3 is 38.9 Å². The van der Waals surface area contributed by atoms with Crippen molar-refractivity contribution < 1.29 is 10.2 Å². The third kappa shape index (κ3) is 35.5. The fraction of sp³-hybridized carbons (Fsp3) is 0.565. The lowest BCUT2D eigenvalue weighted by atomic mass is 10.1. The van der Waals surface area contributed by atoms with Crippen LogP contribution in [0.15, 0.2) is 67.1 Å². The third-order valence-corrected chi connectivity index (χ3v) is 2.55. The number of nitrogens with two attached hydrogens (primary N) is 5. The summed E-state index contributed by atoms with van der Waals surface area (Å²) in [7, 11) is 7.67. The normalized spacial score (nSPS) is 8.11. The van der Waals surface area contributed by atoms with E-state index in [1.54, 1.807) is 50.5 Å². The van der Waals surface area contributed by atoms with Gasteiger partial charge in [-0.25, -0.2) is 0 Å². The molecule has 0 aliphatic carbocycles. The molecule has 13 heteroatoms. The quantitative estimate of drug-likeness (QED) is 0.288. The molecule has 216 valence electrons. The summed E-state index contributed by atoms with van der Waals surface area (Å²) in [5, 5.41) is 40.8. The second kappa shape index (κ2) is 53.3. The highest BCUT2D eigenvalue weighted by molar-refractivity contribution is 5.92. The molecule has 0 unspecified atom stereocenters. The summed E-state index contributed by atoms with van der Waals surface area (Å²) >= 11 is 0. The van der Waals surface area contributed by atoms with E-state index >= 15 is 0 Å². The Kier molecular flexibility index (Phi) is 80.0. The number of nitrogens with zero attached hydrogens (tertiary/aromatic N) is 6. The van der Waals surface area contributed by atoms with Crippen LogP contribution in [0, 0.1) is 0 Å². The highest BCUT2D eigenvalue weighted by Gasteiger charge is 2.00. The van der Waals surface area contributed by atoms with Crippen molar-refractivity contribution in [2.45, 2.75) is 36.1 Å². The van der Waals surface area contributed by atoms with Crippen molar-refractivity contribution in [3.63, 3.8) is 0 Å². The molecule has 36 heavy (non-hydrogen) atoms. The molecule has 0 amide bonds. The first kappa shape index (κ1) is 54.0. The van der Waals surface area contributed by atoms with Crippen molar-refractivity contribution in [2.24, 2.45) is 59.4 Å². The van der Waals surface area contributed by atoms with Crippen LogP contribution in [-0.2, 0) is 0 Å². The largest absolute Gasteiger partial charge is 0.507 e. The maximum absolute atomic E-state index is 9.38. The Morgan fingerprint density at radius 1 is 0.583 bits per heavy atom. The van der Waals surface area contributed by atoms with Crippen LogP contribution in [0.25, 0.3) is 10.8 Å². The molecule has 0 aliphatic rings. The Bertz CT molecular complexity index is 658. The van der Waals surface area contributed by atoms with Gasteiger partial charge in [0, 0.05) is 24.9 Å². The predicted molar refractivity (Wildman–Crippen MR) is 159 cm³/mol. The smallest absolute Gasteiger partial charge is 0.170 e. The summed E-state index contributed by atoms with van der Waals surface area (Å²) in [6, 6.07) is 10.1. The first-order chi connectivity index (χ1) is 16.1. The first-order valence-corrected chi connectivity index (χ1v) is 9.99. The lowest BCUT2D eigenvalue weighted by molar-refractivity contribution is 0.475. The van der Waals surface area contributed by atoms with Crippen LogP contribution in [0.1, 0.15) is 36.1 Å². The molecule has 0 radical (unpaired) electrons. The lowest BCUT2D eigenvalue weighted by Gasteiger charge is -2.01. The third-order valence-electron chi connectivity index (χ3n) is 2.55. The summed E-state index contributed by atoms with van der Waals surface area (Å²) in [6.07, 6.45) is 0. The molecule has 0 aliphatic heterocycles. The van der Waals surface area contributed by atoms with Gasteiger partial charge in [0.2, 0.25) is 0 Å². The van der Waals surface area contributed by atoms with E-state index in [4.69, 9.17) is 11.5 Å². The van der Waals surface area contributed by atoms with E-state index in [2.05, 4.69) is 47.9 Å². The first-order valence-electron chi connectivity index (χ1n) is 9.99. The predicted octanol–water partition coefficient (Wildman–Crippen LogP) is 4.29. The fourth-order valence-corrected chi connectivity index (χ4v) is 1.55. The van der Waals surface area contributed by atoms with E-state index in [9.17, 15) is 10.2 Å². The minimum absolute atomic E-state index is 0. The molecular weight excluding hydrogens is 462 g/mol. The van der Waals surface area contributed by atoms with E-state index in [-0.39, 0.29) is 47.1 Å². The van der Waals surface area contributed by atoms with Gasteiger partial charge in [-0.05, 0) is 33.3 Å². The average molecular weight is 520 g/mol. The van der Waals surface area contributed by atoms with Gasteiger partial charge in [-0.1, -0.05) is 60.4 Å². The summed E-state index contributed by atoms with van der Waals surface area (Å²) < 4.78 is 0. The molecule has 0 atom stereocenters. The molecule has 2 rings (SSSR count). The van der Waals surface area contributed by atoms with E-state index < -0.39 is 0 Å². The fourth-order valence-electron chi connectivity index (χ4n) is 1.55. The molecule has 0 aromatic heterocycles. The SMILES string of the molecule is C.C.C.CC.CN.CN.CN.CN=NCN.CN=NCN=NCN.Oc1cccc2c(O)cccc12. The molecule has 13 nitrogen and oxygen atoms in total. The second-order valence-corrected chi connectivity index (χ2v) is 4.12. The minimum atomic E-state index is 0. The number of hydrogen-bond donors (Lipinski definition) is 7. The van der Waals surface area contributed by atoms with Crippen LogP contribution in [0.5, 0.6) is 11.5 Å². The molecule has 0 saturated heterocycles. The van der Waals surface area contributed by atoms with E-state index in [1.165, 1.54) is 21.1 Å². The Morgan fingerprint density at radius 2 is 0.917 bits per heavy atom. The van der Waals surface area contributed by atoms with Gasteiger partial charge in [-0.15, -0.1) is 0 Å². The van der Waals surface area contributed by atoms with Gasteiger partial charge in [-0.3, -0.25) is 0 Å². The molecule has 2 aromatic carbocycles. The average Bonchev–Trinajstić information content (AvgIpc) is 2.89. The molecule has 2 aromatic rings. The number of rotatable bonds is 4. The standard InChI is InChI=1S/C10H8O2.C3H9N5.C2H7N3.C2H6.3CH5N.3CH4/c11-9-5-1-3-7-8(9)4-2-6-10(7)12;1-5-7-3-8-6-2-4;1-4-5-2-3;4*1-2;;;/h1-6,11-12H;2-4H2,1H3;2-3H2,1H3;1-2H3;3*2H2,1H3;3*1H4. The number of fused-ring (bicyclic) bond motifs is 1. The van der Waals surface area contributed by atoms with Gasteiger partial charge in [0.25, 0.3) is 0 Å². The molecular formula is C23H57N11O2. The number of hydrogen-bond acceptors (Lipinski definition) is 13. The number of phenolic OH excluding ortho intramolecular Hbond substituents is 2. The van der Waals surface area contributed by atoms with Crippen LogP contribution < -0.4 is 28.7 Å². The second-order valence-electron chi connectivity index (χ2n) is 4.12. The number of azo groups is 3. The van der Waals surface area contributed by atoms with Crippen LogP contribution >= 0.6 is 0 Å². The van der Waals surface area contributed by atoms with Crippen molar-refractivity contribution >= 4 is 10.8 Å². The topological polar surface area (TPSA) is 245 Å². The van der Waals surface area contributed by atoms with Crippen LogP contribution in [0.3, 0.4) is 0 Å². The van der Waals surface area contributed by atoms with Crippen LogP contribution in [0.2, 0.25) is 0 Å². The molecule has 0 spiro atoms. The summed E-state index contributed by atoms with van der Waals surface area (Å²) in [4.78, 5) is 0. The van der Waals surface area contributed by atoms with E-state index in [0.717, 1.165) is 0 Å². The van der Waals surface area contributed by atoms with Gasteiger partial charge in [0.15, 0.2) is 6.67 Å². The summed E-state index contributed by atoms with van der Waals surface area (Å²) in [5.74, 6) is 0.395. The zero-order valence-corrected chi connectivity index (χ0v) is 21.0. The van der Waals surface area contributed by atoms with E-state index in [0.29, 0.717) is 17.4 Å². The highest BCUT2D eigenvalue weighted by atomic mass is 16.3. The van der Waals surface area contributed by atoms with Crippen LogP contribution in [0.4, 0.5) is 0 Å². The van der Waals surface area contributed by atoms with Gasteiger partial charge in [-0.2, -0.15) is 30.7 Å². The Labute approximate surface area is 220 Å². The van der Waals surface area contributed by atoms with Gasteiger partial charge in [0.05, 0.1) is 0 Å². The maximum Gasteiger partial charge on any atom is 0.170 e. The summed E-state index contributed by atoms with van der Waals surface area (Å²) in [6.45, 7) is 4.81. The van der Waals surface area contributed by atoms with Gasteiger partial charge >= 0.3 is 0 Å². The number of phenols is 2. The highest BCUT2D eigenvalue weighted by Crippen LogP contribution is 2.29. The van der Waals surface area contributed by atoms with Crippen molar-refractivity contribution in [2.75, 3.05) is 55.2 Å². The van der Waals surface area contributed by atoms with Crippen molar-refractivity contribution in [1.29, 1.82) is 0 Å². The zero-order chi connectivity index (χ0) is 26.9. The van der Waals surface area contributed by atoms with Crippen molar-refractivity contribution in [3.8, 4) is 11.5 Å². The maximum atomic E-state index is 9.38. The number of aromatic hydroxyl groups is 2. The zero-order valence-electron chi connectivity index (χ0n) is 21.0. The number of benzene rings is 2. The van der Waals surface area contributed by atoms with E-state index in [1.807, 2.05) is 13.8 Å². The Balaban J connectivity index is -0.0000000485. The molecule has 12 N–H and O–H groups in total. The molecule has 0 bridgehead atoms. The van der Waals surface area contributed by atoms with Gasteiger partial charge in [0.1, 0.15) is 24.8 Å². The molecule has 0 heterocycles. The van der Waals surface area contributed by atoms with Crippen molar-refractivity contribution in [3.05, 3.63) is 36.4 Å². The Hall–Kier alpha value is -3.10. The van der Waals surface area contributed by atoms with Crippen LogP contribution in [-0.4, -0.2) is 65.5 Å². The van der Waals surface area contributed by atoms with Crippen molar-refractivity contribution in [1.82, 2.24) is 0 Å².